The molecular formula is C34H35BrN4O5. The van der Waals surface area contributed by atoms with Gasteiger partial charge in [0.1, 0.15) is 12.4 Å². The monoisotopic (exact) mass is 658 g/mol. The molecule has 0 saturated carbocycles. The third-order valence-electron chi connectivity index (χ3n) is 8.31. The van der Waals surface area contributed by atoms with Gasteiger partial charge in [-0.15, -0.1) is 0 Å². The Morgan fingerprint density at radius 3 is 2.50 bits per heavy atom. The van der Waals surface area contributed by atoms with Crippen LogP contribution in [-0.4, -0.2) is 64.0 Å². The van der Waals surface area contributed by atoms with Gasteiger partial charge < -0.3 is 24.5 Å². The summed E-state index contributed by atoms with van der Waals surface area (Å²) in [5, 5.41) is 13.6. The van der Waals surface area contributed by atoms with Crippen LogP contribution in [0.1, 0.15) is 54.4 Å². The molecule has 0 bridgehead atoms. The van der Waals surface area contributed by atoms with E-state index in [4.69, 9.17) is 9.15 Å². The van der Waals surface area contributed by atoms with Gasteiger partial charge in [-0.2, -0.15) is 0 Å². The van der Waals surface area contributed by atoms with Crippen LogP contribution in [-0.2, 0) is 32.5 Å². The Bertz CT molecular complexity index is 1650. The number of β-amino-alcohol motifs (C(OH)–C–C–N with tert-alkyl or cyclic N) is 1. The Morgan fingerprint density at radius 2 is 1.70 bits per heavy atom. The van der Waals surface area contributed by atoms with Gasteiger partial charge in [0.2, 0.25) is 0 Å². The highest BCUT2D eigenvalue weighted by atomic mass is 79.9. The summed E-state index contributed by atoms with van der Waals surface area (Å²) in [5.74, 6) is 1.31. The molecule has 6 rings (SSSR count). The van der Waals surface area contributed by atoms with Crippen molar-refractivity contribution < 1.29 is 23.8 Å². The Labute approximate surface area is 265 Å². The number of ether oxygens (including phenoxy) is 1. The molecule has 228 valence electrons. The lowest BCUT2D eigenvalue weighted by Crippen LogP contribution is -2.42. The highest BCUT2D eigenvalue weighted by Crippen LogP contribution is 2.26. The number of oxazole rings is 1. The Morgan fingerprint density at radius 1 is 0.977 bits per heavy atom. The lowest BCUT2D eigenvalue weighted by Gasteiger charge is -2.30. The summed E-state index contributed by atoms with van der Waals surface area (Å²) >= 11 is 3.41. The summed E-state index contributed by atoms with van der Waals surface area (Å²) < 4.78 is 12.2. The minimum Gasteiger partial charge on any atom is -0.486 e. The first-order valence-corrected chi connectivity index (χ1v) is 15.6. The molecule has 0 spiro atoms. The van der Waals surface area contributed by atoms with Crippen LogP contribution < -0.4 is 10.1 Å². The van der Waals surface area contributed by atoms with Crippen molar-refractivity contribution in [1.82, 2.24) is 20.1 Å². The van der Waals surface area contributed by atoms with E-state index in [0.717, 1.165) is 52.3 Å². The number of nitrogens with zero attached hydrogens (tertiary/aromatic N) is 3. The van der Waals surface area contributed by atoms with Gasteiger partial charge in [-0.05, 0) is 90.6 Å². The highest BCUT2D eigenvalue weighted by Gasteiger charge is 2.24. The molecule has 2 N–H and O–H groups in total. The fourth-order valence-electron chi connectivity index (χ4n) is 5.76. The number of aromatic nitrogens is 1. The van der Waals surface area contributed by atoms with Crippen molar-refractivity contribution in [2.75, 3.05) is 26.2 Å². The standard InChI is InChI=1S/C34H35BrN4O5/c1-22-32(44-21-37-22)20-43-31-9-6-27-17-38(12-10-25(27)15-31)19-30(40)16-36-33(41)26-2-3-28-18-39(13-11-24(28)14-26)34(42)23-4-7-29(35)8-5-23/h2-9,14-15,21,30,40H,10-13,16-20H2,1H3,(H,36,41)/t30-/m0/s1. The number of carbonyl (C=O) groups is 2. The molecule has 3 aromatic carbocycles. The second-order valence-electron chi connectivity index (χ2n) is 11.4. The summed E-state index contributed by atoms with van der Waals surface area (Å²) in [6, 6.07) is 19.1. The van der Waals surface area contributed by atoms with Crippen LogP contribution in [0.15, 0.2) is 75.9 Å². The van der Waals surface area contributed by atoms with Gasteiger partial charge in [-0.25, -0.2) is 4.98 Å². The first-order valence-electron chi connectivity index (χ1n) is 14.8. The first kappa shape index (κ1) is 30.1. The molecule has 2 amide bonds. The fourth-order valence-corrected chi connectivity index (χ4v) is 6.03. The van der Waals surface area contributed by atoms with E-state index in [1.807, 2.05) is 54.3 Å². The lowest BCUT2D eigenvalue weighted by molar-refractivity contribution is 0.0734. The molecule has 2 aliphatic heterocycles. The summed E-state index contributed by atoms with van der Waals surface area (Å²) in [4.78, 5) is 34.0. The van der Waals surface area contributed by atoms with Gasteiger partial charge in [0.15, 0.2) is 12.2 Å². The normalized spacial score (nSPS) is 15.3. The summed E-state index contributed by atoms with van der Waals surface area (Å²) in [5.41, 5.74) is 6.63. The van der Waals surface area contributed by atoms with Crippen molar-refractivity contribution in [2.45, 2.75) is 45.6 Å². The quantitative estimate of drug-likeness (QED) is 0.269. The van der Waals surface area contributed by atoms with Crippen molar-refractivity contribution in [3.8, 4) is 5.75 Å². The van der Waals surface area contributed by atoms with E-state index in [-0.39, 0.29) is 18.4 Å². The minimum atomic E-state index is -0.691. The molecule has 1 atom stereocenters. The second kappa shape index (κ2) is 13.3. The molecular weight excluding hydrogens is 624 g/mol. The highest BCUT2D eigenvalue weighted by molar-refractivity contribution is 9.10. The van der Waals surface area contributed by atoms with Crippen LogP contribution >= 0.6 is 15.9 Å². The third kappa shape index (κ3) is 7.04. The van der Waals surface area contributed by atoms with Crippen LogP contribution in [0.2, 0.25) is 0 Å². The number of aliphatic hydroxyl groups excluding tert-OH is 1. The molecule has 2 aliphatic rings. The predicted octanol–water partition coefficient (Wildman–Crippen LogP) is 4.67. The van der Waals surface area contributed by atoms with E-state index in [1.165, 1.54) is 17.5 Å². The number of nitrogens with one attached hydrogen (secondary N) is 1. The molecule has 9 nitrogen and oxygen atoms in total. The maximum Gasteiger partial charge on any atom is 0.254 e. The average molecular weight is 660 g/mol. The summed E-state index contributed by atoms with van der Waals surface area (Å²) in [6.45, 7) is 5.53. The number of hydrogen-bond donors (Lipinski definition) is 2. The molecule has 4 aromatic rings. The molecule has 0 aliphatic carbocycles. The molecule has 0 fully saturated rings. The third-order valence-corrected chi connectivity index (χ3v) is 8.84. The number of fused-ring (bicyclic) bond motifs is 2. The average Bonchev–Trinajstić information content (AvgIpc) is 3.46. The zero-order valence-electron chi connectivity index (χ0n) is 24.6. The maximum absolute atomic E-state index is 12.9. The van der Waals surface area contributed by atoms with Crippen LogP contribution in [0, 0.1) is 6.92 Å². The van der Waals surface area contributed by atoms with Gasteiger partial charge in [-0.1, -0.05) is 28.1 Å². The summed E-state index contributed by atoms with van der Waals surface area (Å²) in [6.07, 6.45) is 2.28. The van der Waals surface area contributed by atoms with E-state index in [1.54, 1.807) is 6.07 Å². The Balaban J connectivity index is 0.966. The van der Waals surface area contributed by atoms with E-state index >= 15 is 0 Å². The molecule has 3 heterocycles. The number of aryl methyl sites for hydroxylation is 1. The lowest BCUT2D eigenvalue weighted by atomic mass is 9.96. The SMILES string of the molecule is Cc1ncoc1COc1ccc2c(c1)CCN(C[C@@H](O)CNC(=O)c1ccc3c(c1)CCN(C(=O)c1ccc(Br)cc1)C3)C2. The topological polar surface area (TPSA) is 108 Å². The van der Waals surface area contributed by atoms with Crippen molar-refractivity contribution in [3.05, 3.63) is 116 Å². The molecule has 10 heteroatoms. The number of halogens is 1. The van der Waals surface area contributed by atoms with Gasteiger partial charge in [0.05, 0.1) is 11.8 Å². The first-order chi connectivity index (χ1) is 21.3. The fraction of sp³-hybridized carbons (Fsp3) is 0.324. The number of hydrogen-bond acceptors (Lipinski definition) is 7. The van der Waals surface area contributed by atoms with Crippen molar-refractivity contribution in [3.63, 3.8) is 0 Å². The minimum absolute atomic E-state index is 0.00375. The van der Waals surface area contributed by atoms with Crippen molar-refractivity contribution in [2.24, 2.45) is 0 Å². The second-order valence-corrected chi connectivity index (χ2v) is 12.3. The molecule has 1 aromatic heterocycles. The van der Waals surface area contributed by atoms with Gasteiger partial charge in [0.25, 0.3) is 11.8 Å². The number of benzene rings is 3. The van der Waals surface area contributed by atoms with Crippen molar-refractivity contribution >= 4 is 27.7 Å². The number of aliphatic hydroxyl groups is 1. The van der Waals surface area contributed by atoms with Gasteiger partial charge in [-0.3, -0.25) is 14.5 Å². The predicted molar refractivity (Wildman–Crippen MR) is 168 cm³/mol. The number of carbonyl (C=O) groups excluding carboxylic acids is 2. The Kier molecular flexibility index (Phi) is 9.11. The van der Waals surface area contributed by atoms with Gasteiger partial charge >= 0.3 is 0 Å². The van der Waals surface area contributed by atoms with E-state index < -0.39 is 6.10 Å². The molecule has 0 radical (unpaired) electrons. The van der Waals surface area contributed by atoms with E-state index in [0.29, 0.717) is 43.8 Å². The molecule has 0 saturated heterocycles. The van der Waals surface area contributed by atoms with E-state index in [2.05, 4.69) is 43.3 Å². The zero-order valence-corrected chi connectivity index (χ0v) is 26.2. The van der Waals surface area contributed by atoms with Crippen LogP contribution in [0.4, 0.5) is 0 Å². The van der Waals surface area contributed by atoms with Crippen molar-refractivity contribution in [1.29, 1.82) is 0 Å². The Hall–Kier alpha value is -3.99. The van der Waals surface area contributed by atoms with Crippen LogP contribution in [0.5, 0.6) is 5.75 Å². The largest absolute Gasteiger partial charge is 0.486 e. The maximum atomic E-state index is 12.9. The zero-order chi connectivity index (χ0) is 30.6. The van der Waals surface area contributed by atoms with Crippen LogP contribution in [0.25, 0.3) is 0 Å². The summed E-state index contributed by atoms with van der Waals surface area (Å²) in [7, 11) is 0. The number of rotatable bonds is 9. The van der Waals surface area contributed by atoms with Gasteiger partial charge in [0, 0.05) is 54.9 Å². The molecule has 0 unspecified atom stereocenters. The van der Waals surface area contributed by atoms with E-state index in [9.17, 15) is 14.7 Å². The molecule has 44 heavy (non-hydrogen) atoms. The smallest absolute Gasteiger partial charge is 0.254 e. The number of amides is 2. The van der Waals surface area contributed by atoms with Crippen LogP contribution in [0.3, 0.4) is 0 Å².